The summed E-state index contributed by atoms with van der Waals surface area (Å²) in [5.41, 5.74) is 5.47. The second-order valence-electron chi connectivity index (χ2n) is 3.85. The summed E-state index contributed by atoms with van der Waals surface area (Å²) in [6.07, 6.45) is 0.968. The highest BCUT2D eigenvalue weighted by molar-refractivity contribution is 8.14. The van der Waals surface area contributed by atoms with Crippen LogP contribution in [0.25, 0.3) is 0 Å². The molecule has 2 heterocycles. The van der Waals surface area contributed by atoms with Gasteiger partial charge in [-0.2, -0.15) is 0 Å². The fraction of sp³-hybridized carbons (Fsp3) is 0.500. The van der Waals surface area contributed by atoms with Crippen molar-refractivity contribution in [2.75, 3.05) is 18.0 Å². The lowest BCUT2D eigenvalue weighted by Crippen LogP contribution is -2.21. The quantitative estimate of drug-likeness (QED) is 0.891. The summed E-state index contributed by atoms with van der Waals surface area (Å²) in [6.45, 7) is 3.26. The molecule has 0 bridgehead atoms. The molecular weight excluding hydrogens is 258 g/mol. The Labute approximate surface area is 107 Å². The second-order valence-corrected chi connectivity index (χ2v) is 6.16. The molecule has 5 nitrogen and oxygen atoms in total. The minimum atomic E-state index is -0.499. The molecule has 1 aliphatic rings. The summed E-state index contributed by atoms with van der Waals surface area (Å²) in [7, 11) is 0. The SMILES string of the molecule is CC(=O)SC1CCN(c2nc(C(N)=O)cs2)C1. The van der Waals surface area contributed by atoms with Gasteiger partial charge in [0.15, 0.2) is 10.2 Å². The van der Waals surface area contributed by atoms with Gasteiger partial charge in [0.2, 0.25) is 0 Å². The van der Waals surface area contributed by atoms with Gasteiger partial charge in [0, 0.05) is 30.6 Å². The van der Waals surface area contributed by atoms with Gasteiger partial charge in [-0.1, -0.05) is 11.8 Å². The third-order valence-electron chi connectivity index (χ3n) is 2.49. The van der Waals surface area contributed by atoms with Crippen molar-refractivity contribution >= 4 is 39.3 Å². The van der Waals surface area contributed by atoms with E-state index < -0.39 is 5.91 Å². The number of hydrogen-bond donors (Lipinski definition) is 1. The first kappa shape index (κ1) is 12.4. The molecule has 1 atom stereocenters. The molecule has 1 aromatic heterocycles. The van der Waals surface area contributed by atoms with Gasteiger partial charge in [-0.3, -0.25) is 9.59 Å². The first-order valence-corrected chi connectivity index (χ1v) is 6.99. The third-order valence-corrected chi connectivity index (χ3v) is 4.44. The minimum absolute atomic E-state index is 0.147. The number of nitrogens with zero attached hydrogens (tertiary/aromatic N) is 2. The van der Waals surface area contributed by atoms with Crippen molar-refractivity contribution in [3.05, 3.63) is 11.1 Å². The van der Waals surface area contributed by atoms with E-state index >= 15 is 0 Å². The molecule has 1 aliphatic heterocycles. The number of carbonyl (C=O) groups excluding carboxylic acids is 2. The van der Waals surface area contributed by atoms with Gasteiger partial charge in [-0.05, 0) is 6.42 Å². The Morgan fingerprint density at radius 1 is 1.65 bits per heavy atom. The van der Waals surface area contributed by atoms with Crippen LogP contribution >= 0.6 is 23.1 Å². The number of thioether (sulfide) groups is 1. The van der Waals surface area contributed by atoms with Gasteiger partial charge in [-0.25, -0.2) is 4.98 Å². The number of primary amides is 1. The van der Waals surface area contributed by atoms with Gasteiger partial charge in [0.25, 0.3) is 5.91 Å². The molecule has 1 fully saturated rings. The molecule has 0 aliphatic carbocycles. The number of nitrogens with two attached hydrogens (primary N) is 1. The zero-order valence-electron chi connectivity index (χ0n) is 9.38. The van der Waals surface area contributed by atoms with Crippen molar-refractivity contribution in [2.24, 2.45) is 5.73 Å². The number of rotatable bonds is 3. The molecule has 1 unspecified atom stereocenters. The van der Waals surface area contributed by atoms with Crippen molar-refractivity contribution in [1.29, 1.82) is 0 Å². The predicted octanol–water partition coefficient (Wildman–Crippen LogP) is 1.10. The van der Waals surface area contributed by atoms with E-state index in [1.54, 1.807) is 12.3 Å². The average molecular weight is 271 g/mol. The molecule has 2 N–H and O–H groups in total. The normalized spacial score (nSPS) is 19.6. The van der Waals surface area contributed by atoms with E-state index in [1.807, 2.05) is 0 Å². The second kappa shape index (κ2) is 5.05. The molecule has 7 heteroatoms. The Morgan fingerprint density at radius 2 is 2.41 bits per heavy atom. The standard InChI is InChI=1S/C10H13N3O2S2/c1-6(14)17-7-2-3-13(4-7)10-12-8(5-16-10)9(11)15/h5,7H,2-4H2,1H3,(H2,11,15). The summed E-state index contributed by atoms with van der Waals surface area (Å²) in [5.74, 6) is -0.499. The first-order valence-electron chi connectivity index (χ1n) is 5.24. The summed E-state index contributed by atoms with van der Waals surface area (Å²) in [6, 6.07) is 0. The van der Waals surface area contributed by atoms with Crippen LogP contribution in [0.1, 0.15) is 23.8 Å². The average Bonchev–Trinajstić information content (AvgIpc) is 2.83. The molecule has 17 heavy (non-hydrogen) atoms. The Kier molecular flexibility index (Phi) is 3.68. The minimum Gasteiger partial charge on any atom is -0.364 e. The zero-order valence-corrected chi connectivity index (χ0v) is 11.0. The van der Waals surface area contributed by atoms with Crippen LogP contribution in [-0.2, 0) is 4.79 Å². The molecule has 1 aromatic rings. The number of amides is 1. The maximum absolute atomic E-state index is 11.0. The van der Waals surface area contributed by atoms with Crippen molar-refractivity contribution in [3.63, 3.8) is 0 Å². The zero-order chi connectivity index (χ0) is 12.4. The van der Waals surface area contributed by atoms with Crippen LogP contribution in [0.2, 0.25) is 0 Å². The van der Waals surface area contributed by atoms with Crippen LogP contribution in [0.15, 0.2) is 5.38 Å². The van der Waals surface area contributed by atoms with E-state index in [-0.39, 0.29) is 5.12 Å². The van der Waals surface area contributed by atoms with Gasteiger partial charge in [0.1, 0.15) is 5.69 Å². The maximum Gasteiger partial charge on any atom is 0.268 e. The van der Waals surface area contributed by atoms with Crippen molar-refractivity contribution in [1.82, 2.24) is 4.98 Å². The van der Waals surface area contributed by atoms with Crippen LogP contribution in [0.5, 0.6) is 0 Å². The van der Waals surface area contributed by atoms with Crippen molar-refractivity contribution in [3.8, 4) is 0 Å². The predicted molar refractivity (Wildman–Crippen MR) is 69.5 cm³/mol. The van der Waals surface area contributed by atoms with Crippen LogP contribution in [0, 0.1) is 0 Å². The summed E-state index contributed by atoms with van der Waals surface area (Å²) in [4.78, 5) is 28.2. The summed E-state index contributed by atoms with van der Waals surface area (Å²) < 4.78 is 0. The van der Waals surface area contributed by atoms with Crippen molar-refractivity contribution < 1.29 is 9.59 Å². The highest BCUT2D eigenvalue weighted by Gasteiger charge is 2.26. The lowest BCUT2D eigenvalue weighted by molar-refractivity contribution is -0.109. The highest BCUT2D eigenvalue weighted by Crippen LogP contribution is 2.29. The molecule has 1 saturated heterocycles. The summed E-state index contributed by atoms with van der Waals surface area (Å²) >= 11 is 2.79. The van der Waals surface area contributed by atoms with Crippen LogP contribution < -0.4 is 10.6 Å². The van der Waals surface area contributed by atoms with Crippen LogP contribution in [0.3, 0.4) is 0 Å². The Hall–Kier alpha value is -1.08. The monoisotopic (exact) mass is 271 g/mol. The number of aromatic nitrogens is 1. The number of thiazole rings is 1. The number of anilines is 1. The van der Waals surface area contributed by atoms with Crippen LogP contribution in [0.4, 0.5) is 5.13 Å². The summed E-state index contributed by atoms with van der Waals surface area (Å²) in [5, 5.41) is 2.95. The maximum atomic E-state index is 11.0. The first-order chi connectivity index (χ1) is 8.06. The van der Waals surface area contributed by atoms with Gasteiger partial charge in [0.05, 0.1) is 0 Å². The van der Waals surface area contributed by atoms with Gasteiger partial charge in [-0.15, -0.1) is 11.3 Å². The lowest BCUT2D eigenvalue weighted by Gasteiger charge is -2.13. The molecule has 0 radical (unpaired) electrons. The molecule has 0 saturated carbocycles. The number of hydrogen-bond acceptors (Lipinski definition) is 6. The lowest BCUT2D eigenvalue weighted by atomic mass is 10.4. The molecule has 0 aromatic carbocycles. The molecule has 0 spiro atoms. The largest absolute Gasteiger partial charge is 0.364 e. The van der Waals surface area contributed by atoms with E-state index in [4.69, 9.17) is 5.73 Å². The molecule has 2 rings (SSSR count). The third kappa shape index (κ3) is 2.98. The smallest absolute Gasteiger partial charge is 0.268 e. The molecular formula is C10H13N3O2S2. The molecule has 92 valence electrons. The van der Waals surface area contributed by atoms with Gasteiger partial charge >= 0.3 is 0 Å². The van der Waals surface area contributed by atoms with Crippen molar-refractivity contribution in [2.45, 2.75) is 18.6 Å². The number of carbonyl (C=O) groups is 2. The Morgan fingerprint density at radius 3 is 3.00 bits per heavy atom. The van der Waals surface area contributed by atoms with E-state index in [2.05, 4.69) is 9.88 Å². The van der Waals surface area contributed by atoms with E-state index in [0.29, 0.717) is 10.9 Å². The fourth-order valence-corrected chi connectivity index (χ4v) is 3.55. The van der Waals surface area contributed by atoms with E-state index in [0.717, 1.165) is 24.6 Å². The van der Waals surface area contributed by atoms with E-state index in [9.17, 15) is 9.59 Å². The van der Waals surface area contributed by atoms with E-state index in [1.165, 1.54) is 23.1 Å². The topological polar surface area (TPSA) is 76.3 Å². The highest BCUT2D eigenvalue weighted by atomic mass is 32.2. The Balaban J connectivity index is 1.99. The fourth-order valence-electron chi connectivity index (χ4n) is 1.76. The Bertz CT molecular complexity index is 447. The van der Waals surface area contributed by atoms with Gasteiger partial charge < -0.3 is 10.6 Å². The van der Waals surface area contributed by atoms with Crippen LogP contribution in [-0.4, -0.2) is 34.3 Å². The molecule has 1 amide bonds.